The molecule has 1 aliphatic rings. The van der Waals surface area contributed by atoms with Crippen molar-refractivity contribution in [3.63, 3.8) is 0 Å². The number of aromatic hydroxyl groups is 1. The third-order valence-electron chi connectivity index (χ3n) is 2.80. The summed E-state index contributed by atoms with van der Waals surface area (Å²) >= 11 is 3.20. The molecule has 0 radical (unpaired) electrons. The van der Waals surface area contributed by atoms with Gasteiger partial charge in [-0.15, -0.1) is 8.80 Å². The summed E-state index contributed by atoms with van der Waals surface area (Å²) in [5.74, 6) is -1.22. The van der Waals surface area contributed by atoms with Gasteiger partial charge in [-0.1, -0.05) is 0 Å². The summed E-state index contributed by atoms with van der Waals surface area (Å²) in [6, 6.07) is 2.99. The van der Waals surface area contributed by atoms with Crippen molar-refractivity contribution in [2.24, 2.45) is 8.80 Å². The molecule has 1 aromatic carbocycles. The molecule has 1 heterocycles. The average Bonchev–Trinajstić information content (AvgIpc) is 2.76. The lowest BCUT2D eigenvalue weighted by Crippen LogP contribution is -2.24. The molecule has 11 heteroatoms. The maximum Gasteiger partial charge on any atom is 0.368 e. The van der Waals surface area contributed by atoms with Crippen molar-refractivity contribution in [2.75, 3.05) is 26.5 Å². The zero-order chi connectivity index (χ0) is 17.4. The smallest absolute Gasteiger partial charge is 0.368 e. The fourth-order valence-corrected chi connectivity index (χ4v) is 3.01. The average molecular weight is 405 g/mol. The molecule has 0 fully saturated rings. The minimum atomic E-state index is -4.02. The molecule has 0 aliphatic carbocycles. The second-order valence-electron chi connectivity index (χ2n) is 4.63. The molecule has 9 nitrogen and oxygen atoms in total. The zero-order valence-electron chi connectivity index (χ0n) is 12.4. The lowest BCUT2D eigenvalue weighted by atomic mass is 10.1. The first-order valence-corrected chi connectivity index (χ1v) is 8.34. The molecule has 0 saturated heterocycles. The van der Waals surface area contributed by atoms with Crippen LogP contribution >= 0.6 is 15.9 Å². The Kier molecular flexibility index (Phi) is 4.61. The van der Waals surface area contributed by atoms with E-state index in [1.54, 1.807) is 0 Å². The summed E-state index contributed by atoms with van der Waals surface area (Å²) < 4.78 is 34.6. The van der Waals surface area contributed by atoms with E-state index in [-0.39, 0.29) is 28.7 Å². The van der Waals surface area contributed by atoms with Crippen molar-refractivity contribution >= 4 is 49.5 Å². The number of carbonyl (C=O) groups is 1. The standard InChI is InChI=1S/C12H13BrN4O5S/c1-17(2)12(19)8-6(13)4-5-7(9(8)18)14-10-11(22-3)16-23(20,21)15-10/h4-5,18H,1-3H3,(H,14,15). The number of hydrogen-bond donors (Lipinski definition) is 2. The number of benzene rings is 1. The predicted octanol–water partition coefficient (Wildman–Crippen LogP) is 0.970. The number of carbonyl (C=O) groups excluding carboxylic acids is 1. The normalized spacial score (nSPS) is 15.7. The van der Waals surface area contributed by atoms with Crippen LogP contribution in [-0.4, -0.2) is 57.3 Å². The number of phenols is 1. The molecule has 0 bridgehead atoms. The van der Waals surface area contributed by atoms with E-state index >= 15 is 0 Å². The van der Waals surface area contributed by atoms with Gasteiger partial charge in [-0.3, -0.25) is 4.79 Å². The highest BCUT2D eigenvalue weighted by molar-refractivity contribution is 9.10. The van der Waals surface area contributed by atoms with E-state index in [4.69, 9.17) is 4.74 Å². The van der Waals surface area contributed by atoms with Crippen LogP contribution in [0.2, 0.25) is 0 Å². The minimum absolute atomic E-state index is 0.0253. The number of rotatable bonds is 2. The van der Waals surface area contributed by atoms with E-state index in [9.17, 15) is 18.3 Å². The predicted molar refractivity (Wildman–Crippen MR) is 88.2 cm³/mol. The molecular weight excluding hydrogens is 392 g/mol. The van der Waals surface area contributed by atoms with Crippen molar-refractivity contribution in [1.29, 1.82) is 0 Å². The highest BCUT2D eigenvalue weighted by atomic mass is 79.9. The Morgan fingerprint density at radius 3 is 2.57 bits per heavy atom. The van der Waals surface area contributed by atoms with E-state index < -0.39 is 16.1 Å². The van der Waals surface area contributed by atoms with E-state index in [0.29, 0.717) is 4.47 Å². The summed E-state index contributed by atoms with van der Waals surface area (Å²) in [6.07, 6.45) is 0. The lowest BCUT2D eigenvalue weighted by molar-refractivity contribution is 0.0824. The van der Waals surface area contributed by atoms with Gasteiger partial charge >= 0.3 is 10.2 Å². The molecule has 124 valence electrons. The molecule has 2 N–H and O–H groups in total. The SMILES string of the molecule is COC1=NS(=O)(=O)N=C1Nc1ccc(Br)c(C(=O)N(C)C)c1O. The van der Waals surface area contributed by atoms with Gasteiger partial charge in [-0.05, 0) is 28.1 Å². The Balaban J connectivity index is 2.45. The molecule has 1 amide bonds. The first-order chi connectivity index (χ1) is 10.7. The van der Waals surface area contributed by atoms with Crippen molar-refractivity contribution in [3.05, 3.63) is 22.2 Å². The molecule has 2 rings (SSSR count). The van der Waals surface area contributed by atoms with Gasteiger partial charge in [0, 0.05) is 18.6 Å². The monoisotopic (exact) mass is 404 g/mol. The van der Waals surface area contributed by atoms with Crippen LogP contribution in [0.1, 0.15) is 10.4 Å². The van der Waals surface area contributed by atoms with E-state index in [2.05, 4.69) is 30.0 Å². The first kappa shape index (κ1) is 17.2. The van der Waals surface area contributed by atoms with Crippen LogP contribution in [0.25, 0.3) is 0 Å². The number of halogens is 1. The van der Waals surface area contributed by atoms with Gasteiger partial charge in [0.2, 0.25) is 5.84 Å². The molecule has 0 atom stereocenters. The number of nitrogens with zero attached hydrogens (tertiary/aromatic N) is 3. The number of hydrogen-bond acceptors (Lipinski definition) is 6. The van der Waals surface area contributed by atoms with Crippen molar-refractivity contribution in [3.8, 4) is 5.75 Å². The summed E-state index contributed by atoms with van der Waals surface area (Å²) in [5.41, 5.74) is 0.108. The molecule has 0 spiro atoms. The Morgan fingerprint density at radius 1 is 1.35 bits per heavy atom. The Hall–Kier alpha value is -2.14. The molecule has 1 aromatic rings. The third kappa shape index (κ3) is 3.45. The van der Waals surface area contributed by atoms with Crippen LogP contribution in [0.5, 0.6) is 5.75 Å². The van der Waals surface area contributed by atoms with Crippen LogP contribution < -0.4 is 5.32 Å². The highest BCUT2D eigenvalue weighted by Crippen LogP contribution is 2.34. The first-order valence-electron chi connectivity index (χ1n) is 6.15. The van der Waals surface area contributed by atoms with Gasteiger partial charge in [0.25, 0.3) is 11.8 Å². The Bertz CT molecular complexity index is 832. The van der Waals surface area contributed by atoms with Gasteiger partial charge in [-0.2, -0.15) is 8.42 Å². The summed E-state index contributed by atoms with van der Waals surface area (Å²) in [5, 5.41) is 12.9. The van der Waals surface area contributed by atoms with E-state index in [0.717, 1.165) is 0 Å². The highest BCUT2D eigenvalue weighted by Gasteiger charge is 2.27. The maximum atomic E-state index is 12.1. The molecule has 0 aromatic heterocycles. The van der Waals surface area contributed by atoms with Gasteiger partial charge in [-0.25, -0.2) is 0 Å². The Labute approximate surface area is 141 Å². The van der Waals surface area contributed by atoms with Crippen molar-refractivity contribution < 1.29 is 23.1 Å². The van der Waals surface area contributed by atoms with E-state index in [1.165, 1.54) is 38.2 Å². The lowest BCUT2D eigenvalue weighted by Gasteiger charge is -2.16. The number of phenolic OH excluding ortho intramolecular Hbond substituents is 1. The number of amides is 1. The molecule has 23 heavy (non-hydrogen) atoms. The molecule has 1 aliphatic heterocycles. The van der Waals surface area contributed by atoms with Gasteiger partial charge in [0.15, 0.2) is 5.75 Å². The Morgan fingerprint density at radius 2 is 2.00 bits per heavy atom. The second-order valence-corrected chi connectivity index (χ2v) is 6.75. The van der Waals surface area contributed by atoms with Gasteiger partial charge in [0.05, 0.1) is 18.4 Å². The number of anilines is 1. The number of methoxy groups -OCH3 is 1. The largest absolute Gasteiger partial charge is 0.505 e. The number of ether oxygens (including phenoxy) is 1. The van der Waals surface area contributed by atoms with Gasteiger partial charge in [0.1, 0.15) is 0 Å². The number of nitrogens with one attached hydrogen (secondary N) is 1. The van der Waals surface area contributed by atoms with Crippen LogP contribution in [0.4, 0.5) is 5.69 Å². The van der Waals surface area contributed by atoms with Crippen molar-refractivity contribution in [2.45, 2.75) is 0 Å². The third-order valence-corrected chi connectivity index (χ3v) is 4.27. The number of amidine groups is 1. The van der Waals surface area contributed by atoms with Crippen LogP contribution in [0, 0.1) is 0 Å². The minimum Gasteiger partial charge on any atom is -0.505 e. The van der Waals surface area contributed by atoms with Gasteiger partial charge < -0.3 is 20.1 Å². The van der Waals surface area contributed by atoms with Crippen LogP contribution in [0.15, 0.2) is 25.4 Å². The molecular formula is C12H13BrN4O5S. The maximum absolute atomic E-state index is 12.1. The molecule has 0 saturated carbocycles. The van der Waals surface area contributed by atoms with Crippen LogP contribution in [0.3, 0.4) is 0 Å². The fourth-order valence-electron chi connectivity index (χ4n) is 1.76. The van der Waals surface area contributed by atoms with E-state index in [1.807, 2.05) is 0 Å². The fraction of sp³-hybridized carbons (Fsp3) is 0.250. The quantitative estimate of drug-likeness (QED) is 0.708. The summed E-state index contributed by atoms with van der Waals surface area (Å²) in [4.78, 5) is 13.4. The van der Waals surface area contributed by atoms with Crippen molar-refractivity contribution in [1.82, 2.24) is 4.90 Å². The second kappa shape index (κ2) is 6.16. The topological polar surface area (TPSA) is 121 Å². The van der Waals surface area contributed by atoms with Crippen LogP contribution in [-0.2, 0) is 14.9 Å². The summed E-state index contributed by atoms with van der Waals surface area (Å²) in [7, 11) is 0.299. The summed E-state index contributed by atoms with van der Waals surface area (Å²) in [6.45, 7) is 0. The molecule has 0 unspecified atom stereocenters. The zero-order valence-corrected chi connectivity index (χ0v) is 14.8.